The molecule has 2 aliphatic rings. The first-order valence-electron chi connectivity index (χ1n) is 10.8. The van der Waals surface area contributed by atoms with Gasteiger partial charge in [0.15, 0.2) is 0 Å². The molecule has 1 aromatic carbocycles. The maximum Gasteiger partial charge on any atom is 0.416 e. The second-order valence-electron chi connectivity index (χ2n) is 8.44. The van der Waals surface area contributed by atoms with Gasteiger partial charge < -0.3 is 10.2 Å². The molecule has 1 N–H and O–H groups in total. The number of nitrogens with zero attached hydrogens (tertiary/aromatic N) is 2. The summed E-state index contributed by atoms with van der Waals surface area (Å²) in [7, 11) is 0. The van der Waals surface area contributed by atoms with Crippen LogP contribution >= 0.6 is 0 Å². The number of benzene rings is 1. The van der Waals surface area contributed by atoms with Gasteiger partial charge in [0, 0.05) is 31.2 Å². The van der Waals surface area contributed by atoms with E-state index in [1.807, 2.05) is 4.90 Å². The van der Waals surface area contributed by atoms with Crippen molar-refractivity contribution < 1.29 is 27.2 Å². The molecule has 3 rings (SSSR count). The first-order valence-corrected chi connectivity index (χ1v) is 10.8. The van der Waals surface area contributed by atoms with Crippen LogP contribution in [0.5, 0.6) is 0 Å². The average molecular weight is 443 g/mol. The fourth-order valence-corrected chi connectivity index (χ4v) is 4.45. The van der Waals surface area contributed by atoms with E-state index in [0.717, 1.165) is 31.9 Å². The van der Waals surface area contributed by atoms with Crippen LogP contribution < -0.4 is 5.32 Å². The van der Waals surface area contributed by atoms with Gasteiger partial charge in [0.25, 0.3) is 5.91 Å². The maximum absolute atomic E-state index is 13.5. The van der Waals surface area contributed by atoms with Gasteiger partial charge in [0.1, 0.15) is 5.82 Å². The Labute approximate surface area is 179 Å². The Kier molecular flexibility index (Phi) is 7.56. The van der Waals surface area contributed by atoms with E-state index in [1.165, 1.54) is 0 Å². The summed E-state index contributed by atoms with van der Waals surface area (Å²) in [5, 5.41) is 2.61. The molecule has 0 aromatic heterocycles. The molecule has 2 aliphatic heterocycles. The van der Waals surface area contributed by atoms with Crippen molar-refractivity contribution >= 4 is 11.8 Å². The summed E-state index contributed by atoms with van der Waals surface area (Å²) >= 11 is 0. The largest absolute Gasteiger partial charge is 0.416 e. The monoisotopic (exact) mass is 443 g/mol. The number of nitrogens with one attached hydrogen (secondary N) is 1. The van der Waals surface area contributed by atoms with Crippen molar-refractivity contribution in [3.05, 3.63) is 35.1 Å². The molecule has 2 heterocycles. The van der Waals surface area contributed by atoms with Gasteiger partial charge in [-0.3, -0.25) is 14.5 Å². The lowest BCUT2D eigenvalue weighted by atomic mass is 9.96. The average Bonchev–Trinajstić information content (AvgIpc) is 3.18. The first kappa shape index (κ1) is 23.5. The Morgan fingerprint density at radius 3 is 2.45 bits per heavy atom. The Balaban J connectivity index is 1.45. The van der Waals surface area contributed by atoms with Crippen molar-refractivity contribution in [1.29, 1.82) is 0 Å². The molecule has 0 bridgehead atoms. The van der Waals surface area contributed by atoms with Crippen molar-refractivity contribution in [2.45, 2.75) is 51.2 Å². The Hall–Kier alpha value is -2.16. The van der Waals surface area contributed by atoms with Crippen LogP contribution in [0.2, 0.25) is 0 Å². The fraction of sp³-hybridized carbons (Fsp3) is 0.636. The van der Waals surface area contributed by atoms with Crippen LogP contribution in [-0.4, -0.2) is 60.4 Å². The van der Waals surface area contributed by atoms with Gasteiger partial charge in [0.05, 0.1) is 12.1 Å². The van der Waals surface area contributed by atoms with Gasteiger partial charge in [-0.1, -0.05) is 6.92 Å². The summed E-state index contributed by atoms with van der Waals surface area (Å²) in [6, 6.07) is 2.31. The first-order chi connectivity index (χ1) is 14.7. The minimum absolute atomic E-state index is 0.124. The molecule has 1 unspecified atom stereocenters. The van der Waals surface area contributed by atoms with Gasteiger partial charge in [0.2, 0.25) is 5.91 Å². The maximum atomic E-state index is 13.5. The second-order valence-corrected chi connectivity index (χ2v) is 8.44. The zero-order valence-corrected chi connectivity index (χ0v) is 17.7. The van der Waals surface area contributed by atoms with Crippen LogP contribution in [-0.2, 0) is 11.0 Å². The topological polar surface area (TPSA) is 52.7 Å². The van der Waals surface area contributed by atoms with Crippen molar-refractivity contribution in [2.24, 2.45) is 5.92 Å². The predicted octanol–water partition coefficient (Wildman–Crippen LogP) is 3.69. The van der Waals surface area contributed by atoms with E-state index in [9.17, 15) is 27.2 Å². The van der Waals surface area contributed by atoms with Crippen LogP contribution in [0.15, 0.2) is 18.2 Å². The molecule has 172 valence electrons. The molecular formula is C22H29F4N3O2. The summed E-state index contributed by atoms with van der Waals surface area (Å²) in [5.74, 6) is -1.58. The number of halogens is 4. The zero-order valence-electron chi connectivity index (χ0n) is 17.7. The fourth-order valence-electron chi connectivity index (χ4n) is 4.45. The molecule has 1 aromatic rings. The van der Waals surface area contributed by atoms with E-state index in [1.54, 1.807) is 0 Å². The highest BCUT2D eigenvalue weighted by Gasteiger charge is 2.32. The molecule has 1 atom stereocenters. The van der Waals surface area contributed by atoms with Gasteiger partial charge >= 0.3 is 6.18 Å². The van der Waals surface area contributed by atoms with Crippen LogP contribution in [0.1, 0.15) is 54.9 Å². The molecule has 0 aliphatic carbocycles. The lowest BCUT2D eigenvalue weighted by molar-refractivity contribution is -0.138. The Morgan fingerprint density at radius 1 is 1.10 bits per heavy atom. The summed E-state index contributed by atoms with van der Waals surface area (Å²) in [4.78, 5) is 28.9. The summed E-state index contributed by atoms with van der Waals surface area (Å²) < 4.78 is 52.0. The van der Waals surface area contributed by atoms with E-state index < -0.39 is 23.5 Å². The van der Waals surface area contributed by atoms with Crippen LogP contribution in [0, 0.1) is 11.7 Å². The summed E-state index contributed by atoms with van der Waals surface area (Å²) in [6.07, 6.45) is 0.0125. The highest BCUT2D eigenvalue weighted by molar-refractivity contribution is 5.94. The molecule has 2 fully saturated rings. The molecule has 5 nitrogen and oxygen atoms in total. The highest BCUT2D eigenvalue weighted by Crippen LogP contribution is 2.30. The SMILES string of the molecule is CCC1CCCN1CC(=O)N1CCC(CNC(=O)c2cc(F)cc(C(F)(F)F)c2)CC1. The Morgan fingerprint density at radius 2 is 1.81 bits per heavy atom. The lowest BCUT2D eigenvalue weighted by Crippen LogP contribution is -2.46. The van der Waals surface area contributed by atoms with Crippen molar-refractivity contribution in [2.75, 3.05) is 32.7 Å². The molecule has 2 amide bonds. The number of carbonyl (C=O) groups is 2. The highest BCUT2D eigenvalue weighted by atomic mass is 19.4. The second kappa shape index (κ2) is 9.97. The van der Waals surface area contributed by atoms with Crippen molar-refractivity contribution in [3.8, 4) is 0 Å². The predicted molar refractivity (Wildman–Crippen MR) is 108 cm³/mol. The van der Waals surface area contributed by atoms with Crippen LogP contribution in [0.4, 0.5) is 17.6 Å². The van der Waals surface area contributed by atoms with E-state index in [4.69, 9.17) is 0 Å². The number of rotatable bonds is 6. The van der Waals surface area contributed by atoms with E-state index in [0.29, 0.717) is 50.7 Å². The van der Waals surface area contributed by atoms with Gasteiger partial charge in [-0.05, 0) is 62.8 Å². The molecule has 2 saturated heterocycles. The number of piperidine rings is 1. The summed E-state index contributed by atoms with van der Waals surface area (Å²) in [5.41, 5.74) is -1.54. The molecule has 9 heteroatoms. The smallest absolute Gasteiger partial charge is 0.352 e. The number of hydrogen-bond acceptors (Lipinski definition) is 3. The molecule has 0 radical (unpaired) electrons. The molecule has 31 heavy (non-hydrogen) atoms. The van der Waals surface area contributed by atoms with Gasteiger partial charge in [-0.25, -0.2) is 4.39 Å². The minimum Gasteiger partial charge on any atom is -0.352 e. The number of hydrogen-bond donors (Lipinski definition) is 1. The van der Waals surface area contributed by atoms with Gasteiger partial charge in [-0.15, -0.1) is 0 Å². The Bertz CT molecular complexity index is 791. The third kappa shape index (κ3) is 6.18. The quantitative estimate of drug-likeness (QED) is 0.683. The summed E-state index contributed by atoms with van der Waals surface area (Å²) in [6.45, 7) is 5.03. The third-order valence-corrected chi connectivity index (χ3v) is 6.31. The van der Waals surface area contributed by atoms with Gasteiger partial charge in [-0.2, -0.15) is 13.2 Å². The molecule has 0 spiro atoms. The molecule has 0 saturated carbocycles. The molecular weight excluding hydrogens is 414 g/mol. The normalized spacial score (nSPS) is 20.8. The number of alkyl halides is 3. The lowest BCUT2D eigenvalue weighted by Gasteiger charge is -2.34. The zero-order chi connectivity index (χ0) is 22.6. The van der Waals surface area contributed by atoms with E-state index >= 15 is 0 Å². The van der Waals surface area contributed by atoms with E-state index in [-0.39, 0.29) is 23.9 Å². The third-order valence-electron chi connectivity index (χ3n) is 6.31. The minimum atomic E-state index is -4.72. The standard InChI is InChI=1S/C22H29F4N3O2/c1-2-19-4-3-7-29(19)14-20(30)28-8-5-15(6-9-28)13-27-21(31)16-10-17(22(24,25)26)12-18(23)11-16/h10-12,15,19H,2-9,13-14H2,1H3,(H,27,31). The number of likely N-dealkylation sites (tertiary alicyclic amines) is 2. The number of amides is 2. The van der Waals surface area contributed by atoms with Crippen LogP contribution in [0.3, 0.4) is 0 Å². The van der Waals surface area contributed by atoms with Crippen molar-refractivity contribution in [1.82, 2.24) is 15.1 Å². The van der Waals surface area contributed by atoms with Crippen LogP contribution in [0.25, 0.3) is 0 Å². The van der Waals surface area contributed by atoms with Crippen molar-refractivity contribution in [3.63, 3.8) is 0 Å². The number of carbonyl (C=O) groups excluding carboxylic acids is 2. The van der Waals surface area contributed by atoms with E-state index in [2.05, 4.69) is 17.1 Å².